The van der Waals surface area contributed by atoms with Gasteiger partial charge in [0.2, 0.25) is 0 Å². The van der Waals surface area contributed by atoms with E-state index in [1.165, 1.54) is 0 Å². The Kier molecular flexibility index (Phi) is 7.12. The maximum Gasteiger partial charge on any atom is 0.336 e. The molecule has 1 aromatic heterocycles. The van der Waals surface area contributed by atoms with Crippen molar-refractivity contribution in [3.63, 3.8) is 0 Å². The summed E-state index contributed by atoms with van der Waals surface area (Å²) in [5.74, 6) is 0.818. The minimum atomic E-state index is -0.408. The number of hydrogen-bond acceptors (Lipinski definition) is 7. The highest BCUT2D eigenvalue weighted by molar-refractivity contribution is 7.10. The molecule has 1 N–H and O–H groups in total. The number of allylic oxidation sites excluding steroid dienone is 3. The number of hydrogen-bond donors (Lipinski definition) is 1. The number of Topliss-reactive ketones (excluding diaryl/α,β-unsaturated/α-hetero) is 1. The molecular formula is C27H31NO5S. The van der Waals surface area contributed by atoms with E-state index in [0.717, 1.165) is 21.8 Å². The number of methoxy groups -OCH3 is 2. The van der Waals surface area contributed by atoms with Gasteiger partial charge in [-0.15, -0.1) is 11.3 Å². The third-order valence-corrected chi connectivity index (χ3v) is 7.24. The van der Waals surface area contributed by atoms with E-state index in [1.807, 2.05) is 56.5 Å². The third-order valence-electron chi connectivity index (χ3n) is 6.30. The van der Waals surface area contributed by atoms with Crippen LogP contribution in [0.15, 0.2) is 58.3 Å². The first-order valence-electron chi connectivity index (χ1n) is 11.5. The van der Waals surface area contributed by atoms with Gasteiger partial charge in [0, 0.05) is 28.3 Å². The molecule has 0 fully saturated rings. The van der Waals surface area contributed by atoms with Crippen LogP contribution in [0, 0.1) is 5.92 Å². The van der Waals surface area contributed by atoms with Crippen LogP contribution in [0.2, 0.25) is 0 Å². The van der Waals surface area contributed by atoms with E-state index in [-0.39, 0.29) is 23.6 Å². The van der Waals surface area contributed by atoms with E-state index < -0.39 is 5.92 Å². The lowest BCUT2D eigenvalue weighted by molar-refractivity contribution is -0.140. The van der Waals surface area contributed by atoms with Crippen LogP contribution in [0.4, 0.5) is 0 Å². The second-order valence-corrected chi connectivity index (χ2v) is 10.1. The molecule has 6 nitrogen and oxygen atoms in total. The lowest BCUT2D eigenvalue weighted by Crippen LogP contribution is -2.36. The van der Waals surface area contributed by atoms with Crippen LogP contribution in [-0.4, -0.2) is 32.6 Å². The zero-order valence-electron chi connectivity index (χ0n) is 20.3. The first kappa shape index (κ1) is 24.1. The van der Waals surface area contributed by atoms with Gasteiger partial charge in [-0.1, -0.05) is 26.0 Å². The van der Waals surface area contributed by atoms with Crippen molar-refractivity contribution in [1.29, 1.82) is 0 Å². The first-order valence-corrected chi connectivity index (χ1v) is 12.4. The number of ketones is 1. The monoisotopic (exact) mass is 481 g/mol. The predicted molar refractivity (Wildman–Crippen MR) is 132 cm³/mol. The number of rotatable bonds is 7. The number of ether oxygens (including phenoxy) is 3. The molecule has 2 aromatic rings. The van der Waals surface area contributed by atoms with Gasteiger partial charge in [-0.2, -0.15) is 0 Å². The molecule has 2 unspecified atom stereocenters. The molecule has 0 bridgehead atoms. The lowest BCUT2D eigenvalue weighted by Gasteiger charge is -2.36. The highest BCUT2D eigenvalue weighted by Crippen LogP contribution is 2.47. The fourth-order valence-corrected chi connectivity index (χ4v) is 5.56. The van der Waals surface area contributed by atoms with Crippen molar-refractivity contribution in [2.75, 3.05) is 20.8 Å². The summed E-state index contributed by atoms with van der Waals surface area (Å²) in [4.78, 5) is 27.7. The summed E-state index contributed by atoms with van der Waals surface area (Å²) in [7, 11) is 3.21. The van der Waals surface area contributed by atoms with Crippen LogP contribution in [0.1, 0.15) is 55.9 Å². The topological polar surface area (TPSA) is 73.9 Å². The van der Waals surface area contributed by atoms with Gasteiger partial charge < -0.3 is 19.5 Å². The highest BCUT2D eigenvalue weighted by Gasteiger charge is 2.42. The normalized spacial score (nSPS) is 20.2. The Hall–Kier alpha value is -3.06. The predicted octanol–water partition coefficient (Wildman–Crippen LogP) is 5.33. The standard InChI is InChI=1S/C27H31NO5S/c1-15(2)14-33-27(30)24-16(3)28-19-11-18(17-8-9-21(31-4)22(13-17)32-5)12-20(29)25(19)26(24)23-7-6-10-34-23/h6-10,13,15,18,26,28H,11-12,14H2,1-5H3. The van der Waals surface area contributed by atoms with Crippen LogP contribution in [0.25, 0.3) is 0 Å². The molecule has 0 radical (unpaired) electrons. The highest BCUT2D eigenvalue weighted by atomic mass is 32.1. The SMILES string of the molecule is COc1ccc(C2CC(=O)C3=C(C2)NC(C)=C(C(=O)OCC(C)C)C3c2cccs2)cc1OC. The number of thiophene rings is 1. The maximum absolute atomic E-state index is 13.6. The summed E-state index contributed by atoms with van der Waals surface area (Å²) in [5.41, 5.74) is 3.86. The first-order chi connectivity index (χ1) is 16.3. The molecule has 2 aliphatic rings. The Bertz CT molecular complexity index is 1150. The minimum Gasteiger partial charge on any atom is -0.493 e. The van der Waals surface area contributed by atoms with Crippen molar-refractivity contribution in [3.8, 4) is 11.5 Å². The van der Waals surface area contributed by atoms with E-state index in [2.05, 4.69) is 5.32 Å². The molecule has 0 spiro atoms. The fraction of sp³-hybridized carbons (Fsp3) is 0.407. The van der Waals surface area contributed by atoms with Gasteiger partial charge in [-0.3, -0.25) is 4.79 Å². The average Bonchev–Trinajstić information content (AvgIpc) is 3.35. The van der Waals surface area contributed by atoms with Gasteiger partial charge in [0.25, 0.3) is 0 Å². The molecular weight excluding hydrogens is 450 g/mol. The van der Waals surface area contributed by atoms with E-state index in [4.69, 9.17) is 14.2 Å². The maximum atomic E-state index is 13.6. The van der Waals surface area contributed by atoms with Gasteiger partial charge in [0.15, 0.2) is 17.3 Å². The molecule has 1 aliphatic carbocycles. The summed E-state index contributed by atoms with van der Waals surface area (Å²) in [6.07, 6.45) is 1.04. The van der Waals surface area contributed by atoms with E-state index in [1.54, 1.807) is 25.6 Å². The summed E-state index contributed by atoms with van der Waals surface area (Å²) in [5, 5.41) is 5.37. The van der Waals surface area contributed by atoms with Crippen molar-refractivity contribution in [3.05, 3.63) is 68.7 Å². The van der Waals surface area contributed by atoms with Crippen molar-refractivity contribution in [2.45, 2.75) is 45.4 Å². The smallest absolute Gasteiger partial charge is 0.336 e. The lowest BCUT2D eigenvalue weighted by atomic mass is 9.73. The average molecular weight is 482 g/mol. The van der Waals surface area contributed by atoms with E-state index in [9.17, 15) is 9.59 Å². The number of benzene rings is 1. The quantitative estimate of drug-likeness (QED) is 0.539. The number of carbonyl (C=O) groups is 2. The molecule has 7 heteroatoms. The largest absolute Gasteiger partial charge is 0.493 e. The Morgan fingerprint density at radius 1 is 1.15 bits per heavy atom. The Balaban J connectivity index is 1.70. The molecule has 34 heavy (non-hydrogen) atoms. The van der Waals surface area contributed by atoms with E-state index in [0.29, 0.717) is 42.1 Å². The molecule has 2 heterocycles. The number of dihydropyridines is 1. The molecule has 0 amide bonds. The van der Waals surface area contributed by atoms with Crippen LogP contribution in [0.3, 0.4) is 0 Å². The Morgan fingerprint density at radius 2 is 1.91 bits per heavy atom. The zero-order valence-corrected chi connectivity index (χ0v) is 21.1. The van der Waals surface area contributed by atoms with Gasteiger partial charge in [-0.05, 0) is 54.3 Å². The Labute approximate surface area is 204 Å². The fourth-order valence-electron chi connectivity index (χ4n) is 4.71. The summed E-state index contributed by atoms with van der Waals surface area (Å²) in [6.45, 7) is 6.24. The van der Waals surface area contributed by atoms with Crippen molar-refractivity contribution in [2.24, 2.45) is 5.92 Å². The molecule has 0 saturated heterocycles. The molecule has 180 valence electrons. The van der Waals surface area contributed by atoms with Crippen LogP contribution in [-0.2, 0) is 14.3 Å². The van der Waals surface area contributed by atoms with Crippen molar-refractivity contribution in [1.82, 2.24) is 5.32 Å². The summed E-state index contributed by atoms with van der Waals surface area (Å²) < 4.78 is 16.4. The van der Waals surface area contributed by atoms with Gasteiger partial charge >= 0.3 is 5.97 Å². The zero-order chi connectivity index (χ0) is 24.4. The summed E-state index contributed by atoms with van der Waals surface area (Å²) in [6, 6.07) is 9.75. The summed E-state index contributed by atoms with van der Waals surface area (Å²) >= 11 is 1.55. The molecule has 1 aromatic carbocycles. The van der Waals surface area contributed by atoms with Crippen molar-refractivity contribution < 1.29 is 23.8 Å². The second kappa shape index (κ2) is 10.1. The molecule has 4 rings (SSSR count). The Morgan fingerprint density at radius 3 is 2.56 bits per heavy atom. The van der Waals surface area contributed by atoms with Crippen LogP contribution in [0.5, 0.6) is 11.5 Å². The van der Waals surface area contributed by atoms with Gasteiger partial charge in [0.1, 0.15) is 0 Å². The number of carbonyl (C=O) groups excluding carboxylic acids is 2. The molecule has 1 aliphatic heterocycles. The van der Waals surface area contributed by atoms with Gasteiger partial charge in [-0.25, -0.2) is 4.79 Å². The molecule has 0 saturated carbocycles. The third kappa shape index (κ3) is 4.62. The van der Waals surface area contributed by atoms with Crippen LogP contribution < -0.4 is 14.8 Å². The van der Waals surface area contributed by atoms with Crippen LogP contribution >= 0.6 is 11.3 Å². The number of esters is 1. The minimum absolute atomic E-state index is 0.00443. The van der Waals surface area contributed by atoms with E-state index >= 15 is 0 Å². The molecule has 2 atom stereocenters. The number of nitrogens with one attached hydrogen (secondary N) is 1. The second-order valence-electron chi connectivity index (χ2n) is 9.14. The van der Waals surface area contributed by atoms with Gasteiger partial charge in [0.05, 0.1) is 32.3 Å². The van der Waals surface area contributed by atoms with Crippen molar-refractivity contribution >= 4 is 23.1 Å².